The van der Waals surface area contributed by atoms with Crippen LogP contribution in [-0.2, 0) is 4.79 Å². The Hall–Kier alpha value is -4.08. The lowest BCUT2D eigenvalue weighted by molar-refractivity contribution is -0.118. The molecule has 6 heteroatoms. The highest BCUT2D eigenvalue weighted by Gasteiger charge is 2.18. The van der Waals surface area contributed by atoms with Crippen LogP contribution in [0.25, 0.3) is 21.9 Å². The molecule has 6 nitrogen and oxygen atoms in total. The summed E-state index contributed by atoms with van der Waals surface area (Å²) in [5, 5.41) is 3.73. The van der Waals surface area contributed by atoms with Crippen molar-refractivity contribution in [1.82, 2.24) is 20.4 Å². The van der Waals surface area contributed by atoms with E-state index in [0.29, 0.717) is 17.9 Å². The van der Waals surface area contributed by atoms with Crippen LogP contribution in [0.2, 0.25) is 0 Å². The summed E-state index contributed by atoms with van der Waals surface area (Å²) in [4.78, 5) is 25.9. The van der Waals surface area contributed by atoms with Gasteiger partial charge in [-0.3, -0.25) is 4.79 Å². The quantitative estimate of drug-likeness (QED) is 0.375. The number of fused-ring (bicyclic) bond motifs is 1. The molecule has 0 aliphatic heterocycles. The smallest absolute Gasteiger partial charge is 0.242 e. The number of anilines is 1. The van der Waals surface area contributed by atoms with Gasteiger partial charge in [0.2, 0.25) is 5.91 Å². The van der Waals surface area contributed by atoms with Gasteiger partial charge in [-0.25, -0.2) is 25.4 Å². The third-order valence-corrected chi connectivity index (χ3v) is 5.46. The zero-order chi connectivity index (χ0) is 23.4. The van der Waals surface area contributed by atoms with E-state index in [-0.39, 0.29) is 5.91 Å². The van der Waals surface area contributed by atoms with Gasteiger partial charge in [0, 0.05) is 41.5 Å². The van der Waals surface area contributed by atoms with Crippen molar-refractivity contribution < 1.29 is 4.79 Å². The van der Waals surface area contributed by atoms with E-state index in [1.165, 1.54) is 10.4 Å². The first-order valence-corrected chi connectivity index (χ1v) is 10.8. The van der Waals surface area contributed by atoms with Crippen LogP contribution in [-0.4, -0.2) is 27.9 Å². The number of nitrogens with zero attached hydrogens (tertiary/aromatic N) is 4. The van der Waals surface area contributed by atoms with Gasteiger partial charge in [0.15, 0.2) is 5.82 Å². The minimum atomic E-state index is -0.0819. The van der Waals surface area contributed by atoms with E-state index < -0.39 is 0 Å². The minimum absolute atomic E-state index is 0.0819. The van der Waals surface area contributed by atoms with Crippen molar-refractivity contribution in [1.29, 1.82) is 0 Å². The molecule has 4 rings (SSSR count). The van der Waals surface area contributed by atoms with E-state index in [1.54, 1.807) is 13.4 Å². The molecular formula is C27H25N5O. The molecule has 0 aliphatic rings. The summed E-state index contributed by atoms with van der Waals surface area (Å²) in [6.45, 7) is 5.70. The first-order valence-electron chi connectivity index (χ1n) is 10.8. The number of amides is 1. The van der Waals surface area contributed by atoms with E-state index in [4.69, 9.17) is 4.98 Å². The summed E-state index contributed by atoms with van der Waals surface area (Å²) in [5.74, 6) is 6.90. The summed E-state index contributed by atoms with van der Waals surface area (Å²) < 4.78 is 0. The third-order valence-electron chi connectivity index (χ3n) is 5.46. The lowest BCUT2D eigenvalue weighted by Crippen LogP contribution is -2.41. The fourth-order valence-electron chi connectivity index (χ4n) is 3.78. The number of hydrazine groups is 1. The third kappa shape index (κ3) is 4.59. The maximum atomic E-state index is 12.4. The Morgan fingerprint density at radius 1 is 0.970 bits per heavy atom. The Morgan fingerprint density at radius 2 is 1.70 bits per heavy atom. The molecule has 0 spiro atoms. The van der Waals surface area contributed by atoms with Crippen molar-refractivity contribution in [2.45, 2.75) is 27.2 Å². The monoisotopic (exact) mass is 435 g/mol. The van der Waals surface area contributed by atoms with Crippen LogP contribution in [0.3, 0.4) is 0 Å². The van der Waals surface area contributed by atoms with Gasteiger partial charge in [0.25, 0.3) is 0 Å². The van der Waals surface area contributed by atoms with E-state index in [1.807, 2.05) is 51.1 Å². The molecule has 0 saturated carbocycles. The number of benzene rings is 2. The molecule has 0 fully saturated rings. The molecule has 33 heavy (non-hydrogen) atoms. The number of carbonyl (C=O) groups is 1. The van der Waals surface area contributed by atoms with Gasteiger partial charge in [0.05, 0.1) is 0 Å². The largest absolute Gasteiger partial charge is 0.273 e. The van der Waals surface area contributed by atoms with Crippen molar-refractivity contribution in [2.75, 3.05) is 12.1 Å². The van der Waals surface area contributed by atoms with Crippen molar-refractivity contribution >= 4 is 22.5 Å². The summed E-state index contributed by atoms with van der Waals surface area (Å²) in [6.07, 6.45) is 1.91. The van der Waals surface area contributed by atoms with Gasteiger partial charge in [-0.1, -0.05) is 43.2 Å². The standard InChI is InChI=1S/C27H25N5O/c1-5-26(33)32(28-4)25-15-13-23(27-18(2)29-17-30-19(27)3)24(31-25)14-11-20-10-12-21-8-6-7-9-22(21)16-20/h6-10,12-13,15-17,28H,5H2,1-4H3. The van der Waals surface area contributed by atoms with Gasteiger partial charge in [-0.15, -0.1) is 0 Å². The van der Waals surface area contributed by atoms with Crippen molar-refractivity contribution in [2.24, 2.45) is 0 Å². The van der Waals surface area contributed by atoms with Crippen LogP contribution in [0.15, 0.2) is 60.9 Å². The van der Waals surface area contributed by atoms with Gasteiger partial charge >= 0.3 is 0 Å². The molecule has 0 unspecified atom stereocenters. The first-order chi connectivity index (χ1) is 16.0. The molecule has 0 radical (unpaired) electrons. The number of aryl methyl sites for hydroxylation is 2. The average Bonchev–Trinajstić information content (AvgIpc) is 2.83. The van der Waals surface area contributed by atoms with Crippen LogP contribution < -0.4 is 10.4 Å². The maximum Gasteiger partial charge on any atom is 0.242 e. The van der Waals surface area contributed by atoms with Crippen LogP contribution in [0.4, 0.5) is 5.82 Å². The fourth-order valence-corrected chi connectivity index (χ4v) is 3.78. The number of rotatable bonds is 4. The van der Waals surface area contributed by atoms with Crippen LogP contribution in [0.1, 0.15) is 36.0 Å². The number of carbonyl (C=O) groups excluding carboxylic acids is 1. The fraction of sp³-hybridized carbons (Fsp3) is 0.185. The molecule has 164 valence electrons. The Balaban J connectivity index is 1.87. The summed E-state index contributed by atoms with van der Waals surface area (Å²) in [5.41, 5.74) is 7.80. The SMILES string of the molecule is CCC(=O)N(NC)c1ccc(-c2c(C)ncnc2C)c(C#Cc2ccc3ccccc3c2)n1. The highest BCUT2D eigenvalue weighted by molar-refractivity contribution is 5.91. The number of pyridine rings is 1. The molecule has 4 aromatic rings. The molecule has 0 atom stereocenters. The van der Waals surface area contributed by atoms with Gasteiger partial charge in [0.1, 0.15) is 12.0 Å². The van der Waals surface area contributed by atoms with Gasteiger partial charge in [-0.05, 0) is 54.8 Å². The summed E-state index contributed by atoms with van der Waals surface area (Å²) in [7, 11) is 1.70. The second kappa shape index (κ2) is 9.60. The van der Waals surface area contributed by atoms with Crippen LogP contribution >= 0.6 is 0 Å². The number of hydrogen-bond acceptors (Lipinski definition) is 5. The molecular weight excluding hydrogens is 410 g/mol. The Bertz CT molecular complexity index is 1380. The Labute approximate surface area is 193 Å². The van der Waals surface area contributed by atoms with Crippen molar-refractivity contribution in [3.05, 3.63) is 83.6 Å². The highest BCUT2D eigenvalue weighted by Crippen LogP contribution is 2.29. The zero-order valence-electron chi connectivity index (χ0n) is 19.2. The molecule has 1 amide bonds. The summed E-state index contributed by atoms with van der Waals surface area (Å²) in [6, 6.07) is 18.1. The lowest BCUT2D eigenvalue weighted by atomic mass is 10.0. The van der Waals surface area contributed by atoms with Crippen LogP contribution in [0, 0.1) is 25.7 Å². The van der Waals surface area contributed by atoms with Crippen LogP contribution in [0.5, 0.6) is 0 Å². The highest BCUT2D eigenvalue weighted by atomic mass is 16.2. The van der Waals surface area contributed by atoms with E-state index in [9.17, 15) is 4.79 Å². The molecule has 1 N–H and O–H groups in total. The van der Waals surface area contributed by atoms with E-state index >= 15 is 0 Å². The molecule has 0 bridgehead atoms. The second-order valence-electron chi connectivity index (χ2n) is 7.60. The molecule has 2 aromatic carbocycles. The topological polar surface area (TPSA) is 71.0 Å². The van der Waals surface area contributed by atoms with Crippen molar-refractivity contribution in [3.8, 4) is 23.0 Å². The predicted octanol–water partition coefficient (Wildman–Crippen LogP) is 4.59. The number of nitrogens with one attached hydrogen (secondary N) is 1. The Kier molecular flexibility index (Phi) is 6.43. The predicted molar refractivity (Wildman–Crippen MR) is 132 cm³/mol. The normalized spacial score (nSPS) is 10.5. The maximum absolute atomic E-state index is 12.4. The van der Waals surface area contributed by atoms with Crippen molar-refractivity contribution in [3.63, 3.8) is 0 Å². The van der Waals surface area contributed by atoms with E-state index in [2.05, 4.69) is 51.5 Å². The minimum Gasteiger partial charge on any atom is -0.273 e. The molecule has 0 saturated heterocycles. The second-order valence-corrected chi connectivity index (χ2v) is 7.60. The van der Waals surface area contributed by atoms with E-state index in [0.717, 1.165) is 33.5 Å². The Morgan fingerprint density at radius 3 is 2.39 bits per heavy atom. The zero-order valence-corrected chi connectivity index (χ0v) is 19.2. The molecule has 2 aromatic heterocycles. The summed E-state index contributed by atoms with van der Waals surface area (Å²) >= 11 is 0. The lowest BCUT2D eigenvalue weighted by Gasteiger charge is -2.20. The number of aromatic nitrogens is 3. The molecule has 0 aliphatic carbocycles. The average molecular weight is 436 g/mol. The number of hydrogen-bond donors (Lipinski definition) is 1. The van der Waals surface area contributed by atoms with Gasteiger partial charge in [-0.2, -0.15) is 0 Å². The first kappa shape index (κ1) is 22.1. The molecule has 2 heterocycles. The van der Waals surface area contributed by atoms with Gasteiger partial charge < -0.3 is 0 Å².